The molecule has 4 rings (SSSR count). The van der Waals surface area contributed by atoms with Gasteiger partial charge in [-0.1, -0.05) is 60.4 Å². The number of benzene rings is 2. The van der Waals surface area contributed by atoms with Crippen LogP contribution < -0.4 is 0 Å². The highest BCUT2D eigenvalue weighted by Crippen LogP contribution is 2.66. The van der Waals surface area contributed by atoms with E-state index in [4.69, 9.17) is 0 Å². The summed E-state index contributed by atoms with van der Waals surface area (Å²) in [7, 11) is -4.64. The Morgan fingerprint density at radius 3 is 2.31 bits per heavy atom. The van der Waals surface area contributed by atoms with E-state index >= 15 is 0 Å². The van der Waals surface area contributed by atoms with Crippen molar-refractivity contribution in [3.63, 3.8) is 0 Å². The molecule has 0 aliphatic heterocycles. The first-order valence-electron chi connectivity index (χ1n) is 10.1. The standard InChI is InChI=1S/C23H29NO3S2/c1-17-9-11-20(12-10-17)29(26,27)24-28(19-7-5-4-6-8-19)16-23-14-13-18(15-21(23)25)22(23,2)3/h4-12,18,21,25H,13-16H2,1-3H3/t18-,21-,23-,28?/m1/s1. The van der Waals surface area contributed by atoms with Gasteiger partial charge in [-0.3, -0.25) is 0 Å². The highest BCUT2D eigenvalue weighted by molar-refractivity contribution is 8.00. The van der Waals surface area contributed by atoms with Crippen molar-refractivity contribution in [3.05, 3.63) is 60.2 Å². The summed E-state index contributed by atoms with van der Waals surface area (Å²) in [5.41, 5.74) is 0.705. The molecule has 0 radical (unpaired) electrons. The van der Waals surface area contributed by atoms with Crippen LogP contribution in [0.1, 0.15) is 38.7 Å². The molecule has 1 N–H and O–H groups in total. The first-order chi connectivity index (χ1) is 13.7. The molecule has 156 valence electrons. The van der Waals surface area contributed by atoms with Crippen LogP contribution in [0, 0.1) is 23.7 Å². The summed E-state index contributed by atoms with van der Waals surface area (Å²) in [6.07, 6.45) is 2.44. The van der Waals surface area contributed by atoms with E-state index in [1.54, 1.807) is 24.3 Å². The molecule has 0 aromatic heterocycles. The van der Waals surface area contributed by atoms with Gasteiger partial charge in [-0.15, -0.1) is 3.77 Å². The van der Waals surface area contributed by atoms with Crippen molar-refractivity contribution < 1.29 is 13.5 Å². The SMILES string of the molecule is Cc1ccc(S(=O)(=O)/N=S(/C[C@]23CC[C@H](C[C@H]2O)C3(C)C)c2ccccc2)cc1. The number of fused-ring (bicyclic) bond motifs is 2. The second-order valence-electron chi connectivity index (χ2n) is 9.05. The number of nitrogens with zero attached hydrogens (tertiary/aromatic N) is 1. The molecule has 2 aromatic carbocycles. The zero-order valence-corrected chi connectivity index (χ0v) is 18.8. The van der Waals surface area contributed by atoms with Gasteiger partial charge in [0.25, 0.3) is 10.0 Å². The van der Waals surface area contributed by atoms with Crippen LogP contribution in [-0.4, -0.2) is 25.4 Å². The molecule has 0 saturated heterocycles. The van der Waals surface area contributed by atoms with Crippen LogP contribution in [0.25, 0.3) is 0 Å². The fourth-order valence-electron chi connectivity index (χ4n) is 5.23. The summed E-state index contributed by atoms with van der Waals surface area (Å²) in [6, 6.07) is 16.5. The topological polar surface area (TPSA) is 66.7 Å². The van der Waals surface area contributed by atoms with Crippen molar-refractivity contribution in [2.24, 2.45) is 20.5 Å². The largest absolute Gasteiger partial charge is 0.392 e. The minimum atomic E-state index is -3.79. The molecule has 2 aliphatic carbocycles. The Morgan fingerprint density at radius 1 is 1.10 bits per heavy atom. The molecule has 2 aliphatic rings. The number of hydrogen-bond donors (Lipinski definition) is 1. The normalized spacial score (nSPS) is 29.2. The third-order valence-electron chi connectivity index (χ3n) is 7.30. The molecule has 6 heteroatoms. The quantitative estimate of drug-likeness (QED) is 0.744. The van der Waals surface area contributed by atoms with E-state index in [9.17, 15) is 13.5 Å². The van der Waals surface area contributed by atoms with Gasteiger partial charge in [0.1, 0.15) is 0 Å². The molecule has 2 bridgehead atoms. The molecule has 2 aromatic rings. The molecule has 4 nitrogen and oxygen atoms in total. The first-order valence-corrected chi connectivity index (χ1v) is 12.9. The van der Waals surface area contributed by atoms with Crippen LogP contribution >= 0.6 is 0 Å². The molecule has 0 heterocycles. The van der Waals surface area contributed by atoms with Gasteiger partial charge >= 0.3 is 0 Å². The lowest BCUT2D eigenvalue weighted by atomic mass is 9.70. The molecular formula is C23H29NO3S2. The Balaban J connectivity index is 1.80. The average molecular weight is 432 g/mol. The van der Waals surface area contributed by atoms with Crippen molar-refractivity contribution in [1.82, 2.24) is 0 Å². The monoisotopic (exact) mass is 431 g/mol. The number of aryl methyl sites for hydroxylation is 1. The fourth-order valence-corrected chi connectivity index (χ4v) is 9.39. The van der Waals surface area contributed by atoms with Gasteiger partial charge < -0.3 is 5.11 Å². The number of hydrogen-bond acceptors (Lipinski definition) is 3. The Morgan fingerprint density at radius 2 is 1.76 bits per heavy atom. The lowest BCUT2D eigenvalue weighted by Gasteiger charge is -2.41. The van der Waals surface area contributed by atoms with E-state index in [0.29, 0.717) is 11.7 Å². The molecular weight excluding hydrogens is 402 g/mol. The number of aliphatic hydroxyl groups is 1. The predicted octanol–water partition coefficient (Wildman–Crippen LogP) is 4.73. The van der Waals surface area contributed by atoms with Gasteiger partial charge in [-0.05, 0) is 61.8 Å². The van der Waals surface area contributed by atoms with Gasteiger partial charge in [0.15, 0.2) is 0 Å². The van der Waals surface area contributed by atoms with E-state index in [2.05, 4.69) is 17.6 Å². The summed E-state index contributed by atoms with van der Waals surface area (Å²) < 4.78 is 30.7. The zero-order chi connectivity index (χ0) is 20.9. The van der Waals surface area contributed by atoms with Gasteiger partial charge in [0, 0.05) is 16.1 Å². The maximum Gasteiger partial charge on any atom is 0.288 e. The van der Waals surface area contributed by atoms with Crippen LogP contribution in [0.15, 0.2) is 68.2 Å². The number of rotatable bonds is 5. The summed E-state index contributed by atoms with van der Waals surface area (Å²) in [4.78, 5) is 1.14. The molecule has 4 atom stereocenters. The van der Waals surface area contributed by atoms with Crippen LogP contribution in [0.2, 0.25) is 0 Å². The number of aliphatic hydroxyl groups excluding tert-OH is 1. The van der Waals surface area contributed by atoms with Gasteiger partial charge in [0.05, 0.1) is 11.0 Å². The van der Waals surface area contributed by atoms with Crippen molar-refractivity contribution in [2.45, 2.75) is 55.9 Å². The van der Waals surface area contributed by atoms with Crippen LogP contribution in [-0.2, 0) is 20.7 Å². The lowest BCUT2D eigenvalue weighted by molar-refractivity contribution is 0.0164. The summed E-state index contributed by atoms with van der Waals surface area (Å²) in [6.45, 7) is 6.41. The fraction of sp³-hybridized carbons (Fsp3) is 0.478. The van der Waals surface area contributed by atoms with E-state index in [-0.39, 0.29) is 15.7 Å². The van der Waals surface area contributed by atoms with Gasteiger partial charge in [-0.2, -0.15) is 8.42 Å². The Bertz CT molecular complexity index is 1030. The maximum atomic E-state index is 13.1. The summed E-state index contributed by atoms with van der Waals surface area (Å²) in [5.74, 6) is 1.07. The summed E-state index contributed by atoms with van der Waals surface area (Å²) in [5, 5.41) is 11.0. The predicted molar refractivity (Wildman–Crippen MR) is 117 cm³/mol. The highest BCUT2D eigenvalue weighted by Gasteiger charge is 2.63. The molecule has 0 spiro atoms. The van der Waals surface area contributed by atoms with E-state index in [1.165, 1.54) is 0 Å². The van der Waals surface area contributed by atoms with Gasteiger partial charge in [0.2, 0.25) is 0 Å². The lowest BCUT2D eigenvalue weighted by Crippen LogP contribution is -2.43. The zero-order valence-electron chi connectivity index (χ0n) is 17.2. The minimum Gasteiger partial charge on any atom is -0.392 e. The van der Waals surface area contributed by atoms with E-state index in [1.807, 2.05) is 37.3 Å². The maximum absolute atomic E-state index is 13.1. The molecule has 29 heavy (non-hydrogen) atoms. The Labute approximate surface area is 176 Å². The molecule has 2 saturated carbocycles. The third kappa shape index (κ3) is 3.49. The van der Waals surface area contributed by atoms with Crippen molar-refractivity contribution in [3.8, 4) is 0 Å². The highest BCUT2D eigenvalue weighted by atomic mass is 32.3. The van der Waals surface area contributed by atoms with Crippen LogP contribution in [0.5, 0.6) is 0 Å². The smallest absolute Gasteiger partial charge is 0.288 e. The first kappa shape index (κ1) is 20.8. The van der Waals surface area contributed by atoms with Crippen LogP contribution in [0.4, 0.5) is 0 Å². The second kappa shape index (κ2) is 7.33. The third-order valence-corrected chi connectivity index (χ3v) is 11.3. The van der Waals surface area contributed by atoms with Gasteiger partial charge in [-0.25, -0.2) is 0 Å². The molecule has 2 fully saturated rings. The van der Waals surface area contributed by atoms with E-state index in [0.717, 1.165) is 29.7 Å². The van der Waals surface area contributed by atoms with Crippen molar-refractivity contribution in [1.29, 1.82) is 0 Å². The van der Waals surface area contributed by atoms with Crippen molar-refractivity contribution >= 4 is 20.7 Å². The Hall–Kier alpha value is -1.50. The van der Waals surface area contributed by atoms with Crippen LogP contribution in [0.3, 0.4) is 0 Å². The van der Waals surface area contributed by atoms with Crippen molar-refractivity contribution in [2.75, 3.05) is 5.75 Å². The summed E-state index contributed by atoms with van der Waals surface area (Å²) >= 11 is 0. The molecule has 1 unspecified atom stereocenters. The van der Waals surface area contributed by atoms with E-state index < -0.39 is 26.8 Å². The number of sulfonamides is 1. The molecule has 0 amide bonds. The average Bonchev–Trinajstić information content (AvgIpc) is 3.03. The second-order valence-corrected chi connectivity index (χ2v) is 12.6. The Kier molecular flexibility index (Phi) is 5.24. The minimum absolute atomic E-state index is 0.0183.